The van der Waals surface area contributed by atoms with Gasteiger partial charge in [0.05, 0.1) is 12.2 Å². The molecule has 0 aromatic heterocycles. The Bertz CT molecular complexity index is 503. The zero-order valence-electron chi connectivity index (χ0n) is 18.1. The molecule has 1 aromatic rings. The number of aliphatic hydroxyl groups is 2. The van der Waals surface area contributed by atoms with Crippen molar-refractivity contribution in [2.45, 2.75) is 104 Å². The molecular formula is C24H41O2Y-. The first kappa shape index (κ1) is 27.2. The summed E-state index contributed by atoms with van der Waals surface area (Å²) in [7, 11) is 0. The van der Waals surface area contributed by atoms with Crippen molar-refractivity contribution in [2.75, 3.05) is 0 Å². The molecule has 1 unspecified atom stereocenters. The molecular weight excluding hydrogens is 409 g/mol. The van der Waals surface area contributed by atoms with E-state index in [0.29, 0.717) is 11.8 Å². The Kier molecular flexibility index (Phi) is 15.3. The van der Waals surface area contributed by atoms with E-state index in [4.69, 9.17) is 0 Å². The Morgan fingerprint density at radius 3 is 2.33 bits per heavy atom. The summed E-state index contributed by atoms with van der Waals surface area (Å²) in [5, 5.41) is 20.4. The number of aryl methyl sites for hydroxylation is 1. The van der Waals surface area contributed by atoms with Crippen LogP contribution in [-0.2, 0) is 39.1 Å². The normalized spacial score (nSPS) is 25.4. The first-order chi connectivity index (χ1) is 12.7. The largest absolute Gasteiger partial charge is 0.392 e. The van der Waals surface area contributed by atoms with Gasteiger partial charge in [-0.2, -0.15) is 6.42 Å². The third-order valence-corrected chi connectivity index (χ3v) is 5.68. The van der Waals surface area contributed by atoms with Crippen molar-refractivity contribution in [3.63, 3.8) is 0 Å². The van der Waals surface area contributed by atoms with Gasteiger partial charge < -0.3 is 17.1 Å². The van der Waals surface area contributed by atoms with E-state index in [1.165, 1.54) is 36.8 Å². The van der Waals surface area contributed by atoms with E-state index < -0.39 is 0 Å². The summed E-state index contributed by atoms with van der Waals surface area (Å²) >= 11 is 0. The van der Waals surface area contributed by atoms with Gasteiger partial charge in [-0.15, -0.1) is 0 Å². The van der Waals surface area contributed by atoms with Crippen LogP contribution in [-0.4, -0.2) is 16.3 Å². The van der Waals surface area contributed by atoms with Crippen molar-refractivity contribution < 1.29 is 42.9 Å². The molecule has 1 aromatic carbocycles. The summed E-state index contributed by atoms with van der Waals surface area (Å²) in [5.41, 5.74) is 3.68. The number of benzene rings is 1. The smallest absolute Gasteiger partial charge is 0.0795 e. The van der Waals surface area contributed by atoms with E-state index >= 15 is 0 Å². The van der Waals surface area contributed by atoms with Gasteiger partial charge in [-0.25, -0.2) is 0 Å². The van der Waals surface area contributed by atoms with Crippen LogP contribution in [0.3, 0.4) is 0 Å². The van der Waals surface area contributed by atoms with Crippen LogP contribution in [0.1, 0.15) is 108 Å². The summed E-state index contributed by atoms with van der Waals surface area (Å²) in [6.07, 6.45) is 9.43. The van der Waals surface area contributed by atoms with E-state index in [2.05, 4.69) is 25.1 Å². The minimum Gasteiger partial charge on any atom is -0.392 e. The molecule has 1 fully saturated rings. The van der Waals surface area contributed by atoms with Crippen molar-refractivity contribution in [1.29, 1.82) is 0 Å². The van der Waals surface area contributed by atoms with Crippen molar-refractivity contribution in [2.24, 2.45) is 5.92 Å². The Morgan fingerprint density at radius 1 is 0.963 bits per heavy atom. The van der Waals surface area contributed by atoms with Gasteiger partial charge >= 0.3 is 0 Å². The molecule has 0 bridgehead atoms. The van der Waals surface area contributed by atoms with Crippen molar-refractivity contribution >= 4 is 0 Å². The second-order valence-electron chi connectivity index (χ2n) is 7.15. The van der Waals surface area contributed by atoms with Crippen LogP contribution in [0.15, 0.2) is 18.2 Å². The summed E-state index contributed by atoms with van der Waals surface area (Å²) in [6, 6.07) is 6.50. The van der Waals surface area contributed by atoms with Crippen LogP contribution in [0.25, 0.3) is 0 Å². The maximum Gasteiger partial charge on any atom is 0.0795 e. The van der Waals surface area contributed by atoms with E-state index in [1.54, 1.807) is 0 Å². The van der Waals surface area contributed by atoms with Gasteiger partial charge in [-0.1, -0.05) is 65.2 Å². The van der Waals surface area contributed by atoms with Crippen LogP contribution < -0.4 is 0 Å². The fraction of sp³-hybridized carbons (Fsp3) is 0.708. The maximum atomic E-state index is 10.5. The standard InChI is InChI=1S/C20H29O2.2C2H6.Y/c1-2-3-4-5-6-14-8-12-19(22)20(14)16-7-10-17-15(13-16)9-11-18(17)21;2*1-2;/h7,10,13-14,18-22H,1-6,8-9,11-12H2;2*1-2H3;/q-1;;;/t14-,18?,19+,20-;;;/m0.../s1. The minimum atomic E-state index is -0.281. The zero-order chi connectivity index (χ0) is 19.5. The molecule has 27 heavy (non-hydrogen) atoms. The Labute approximate surface area is 193 Å². The van der Waals surface area contributed by atoms with Gasteiger partial charge in [0.2, 0.25) is 0 Å². The molecule has 0 saturated heterocycles. The summed E-state index contributed by atoms with van der Waals surface area (Å²) < 4.78 is 0. The summed E-state index contributed by atoms with van der Waals surface area (Å²) in [6.45, 7) is 11.9. The van der Waals surface area contributed by atoms with Crippen LogP contribution in [0, 0.1) is 12.8 Å². The molecule has 3 rings (SSSR count). The van der Waals surface area contributed by atoms with Crippen LogP contribution >= 0.6 is 0 Å². The summed E-state index contributed by atoms with van der Waals surface area (Å²) in [5.74, 6) is 0.909. The third kappa shape index (κ3) is 7.54. The average molecular weight is 450 g/mol. The molecule has 0 aliphatic heterocycles. The van der Waals surface area contributed by atoms with Gasteiger partial charge in [0.15, 0.2) is 0 Å². The number of rotatable bonds is 6. The summed E-state index contributed by atoms with van der Waals surface area (Å²) in [4.78, 5) is 0. The molecule has 2 N–H and O–H groups in total. The number of aliphatic hydroxyl groups excluding tert-OH is 2. The molecule has 1 radical (unpaired) electrons. The molecule has 4 atom stereocenters. The first-order valence-electron chi connectivity index (χ1n) is 11.0. The molecule has 0 amide bonds. The Morgan fingerprint density at radius 2 is 1.67 bits per heavy atom. The predicted molar refractivity (Wildman–Crippen MR) is 112 cm³/mol. The second kappa shape index (κ2) is 15.1. The molecule has 2 aliphatic carbocycles. The van der Waals surface area contributed by atoms with Gasteiger partial charge in [0.1, 0.15) is 0 Å². The second-order valence-corrected chi connectivity index (χ2v) is 7.15. The van der Waals surface area contributed by atoms with Gasteiger partial charge in [0, 0.05) is 38.6 Å². The molecule has 1 saturated carbocycles. The molecule has 0 spiro atoms. The first-order valence-corrected chi connectivity index (χ1v) is 11.0. The van der Waals surface area contributed by atoms with Crippen molar-refractivity contribution in [1.82, 2.24) is 0 Å². The van der Waals surface area contributed by atoms with Gasteiger partial charge in [-0.3, -0.25) is 0 Å². The van der Waals surface area contributed by atoms with Crippen LogP contribution in [0.4, 0.5) is 0 Å². The monoisotopic (exact) mass is 450 g/mol. The molecule has 3 heteroatoms. The topological polar surface area (TPSA) is 40.5 Å². The van der Waals surface area contributed by atoms with Crippen LogP contribution in [0.5, 0.6) is 0 Å². The van der Waals surface area contributed by atoms with Crippen molar-refractivity contribution in [3.8, 4) is 0 Å². The van der Waals surface area contributed by atoms with E-state index in [0.717, 1.165) is 37.7 Å². The Balaban J connectivity index is 0.00000127. The van der Waals surface area contributed by atoms with E-state index in [9.17, 15) is 10.2 Å². The maximum absolute atomic E-state index is 10.5. The minimum absolute atomic E-state index is 0. The average Bonchev–Trinajstić information content (AvgIpc) is 3.24. The number of hydrogen-bond donors (Lipinski definition) is 2. The molecule has 0 heterocycles. The zero-order valence-corrected chi connectivity index (χ0v) is 20.9. The SMILES string of the molecule is CC.CC.[CH2-]CCCCC[C@H]1CC[C@@H](O)[C@@H]1c1ccc2c(c1)CCC2O.[Y]. The van der Waals surface area contributed by atoms with Crippen molar-refractivity contribution in [3.05, 3.63) is 41.8 Å². The van der Waals surface area contributed by atoms with E-state index in [1.807, 2.05) is 27.7 Å². The third-order valence-electron chi connectivity index (χ3n) is 5.68. The van der Waals surface area contributed by atoms with E-state index in [-0.39, 0.29) is 44.9 Å². The fourth-order valence-corrected chi connectivity index (χ4v) is 4.46. The Hall–Kier alpha value is 0.244. The number of fused-ring (bicyclic) bond motifs is 1. The number of unbranched alkanes of at least 4 members (excludes halogenated alkanes) is 3. The quantitative estimate of drug-likeness (QED) is 0.391. The molecule has 2 aliphatic rings. The number of hydrogen-bond acceptors (Lipinski definition) is 2. The fourth-order valence-electron chi connectivity index (χ4n) is 4.46. The van der Waals surface area contributed by atoms with Crippen LogP contribution in [0.2, 0.25) is 0 Å². The molecule has 153 valence electrons. The molecule has 2 nitrogen and oxygen atoms in total. The predicted octanol–water partition coefficient (Wildman–Crippen LogP) is 6.36. The van der Waals surface area contributed by atoms with Gasteiger partial charge in [0.25, 0.3) is 0 Å². The van der Waals surface area contributed by atoms with Gasteiger partial charge in [-0.05, 0) is 54.7 Å².